The fourth-order valence-electron chi connectivity index (χ4n) is 1.83. The maximum Gasteiger partial charge on any atom is 0.0807 e. The summed E-state index contributed by atoms with van der Waals surface area (Å²) in [4.78, 5) is 0. The van der Waals surface area contributed by atoms with Gasteiger partial charge in [0.05, 0.1) is 12.2 Å². The van der Waals surface area contributed by atoms with Crippen molar-refractivity contribution in [3.8, 4) is 0 Å². The fraction of sp³-hybridized carbons (Fsp3) is 0.917. The summed E-state index contributed by atoms with van der Waals surface area (Å²) in [5.41, 5.74) is 0. The van der Waals surface area contributed by atoms with Crippen molar-refractivity contribution in [2.45, 2.75) is 71.9 Å². The van der Waals surface area contributed by atoms with E-state index in [1.807, 2.05) is 0 Å². The van der Waals surface area contributed by atoms with Gasteiger partial charge in [0.2, 0.25) is 0 Å². The molecule has 0 spiro atoms. The largest absolute Gasteiger partial charge is 0.374 e. The van der Waals surface area contributed by atoms with Crippen molar-refractivity contribution >= 4 is 0 Å². The third-order valence-electron chi connectivity index (χ3n) is 3.03. The van der Waals surface area contributed by atoms with E-state index in [1.165, 1.54) is 12.3 Å². The van der Waals surface area contributed by atoms with Crippen molar-refractivity contribution in [2.75, 3.05) is 0 Å². The molecule has 2 atom stereocenters. The fourth-order valence-corrected chi connectivity index (χ4v) is 1.83. The van der Waals surface area contributed by atoms with Crippen molar-refractivity contribution < 1.29 is 9.47 Å². The molecule has 0 aromatic heterocycles. The van der Waals surface area contributed by atoms with Crippen LogP contribution in [0.1, 0.15) is 53.9 Å². The average molecular weight is 199 g/mol. The Morgan fingerprint density at radius 3 is 2.00 bits per heavy atom. The SMILES string of the molecule is CCCCC1([C-](C)C)OC(C)C(C)O1. The van der Waals surface area contributed by atoms with E-state index in [2.05, 4.69) is 34.6 Å². The Hall–Kier alpha value is -0.0800. The minimum absolute atomic E-state index is 0.210. The van der Waals surface area contributed by atoms with Crippen LogP contribution in [0.3, 0.4) is 0 Å². The van der Waals surface area contributed by atoms with Gasteiger partial charge in [-0.1, -0.05) is 19.8 Å². The van der Waals surface area contributed by atoms with Crippen LogP contribution in [0.2, 0.25) is 0 Å². The Labute approximate surface area is 88.0 Å². The molecule has 1 aliphatic heterocycles. The van der Waals surface area contributed by atoms with E-state index in [4.69, 9.17) is 9.47 Å². The van der Waals surface area contributed by atoms with Crippen LogP contribution < -0.4 is 0 Å². The average Bonchev–Trinajstić information content (AvgIpc) is 2.41. The highest BCUT2D eigenvalue weighted by molar-refractivity contribution is 5.01. The molecule has 0 amide bonds. The van der Waals surface area contributed by atoms with E-state index in [1.54, 1.807) is 0 Å². The van der Waals surface area contributed by atoms with Crippen LogP contribution >= 0.6 is 0 Å². The van der Waals surface area contributed by atoms with Crippen LogP contribution in [0.15, 0.2) is 0 Å². The molecule has 0 radical (unpaired) electrons. The summed E-state index contributed by atoms with van der Waals surface area (Å²) >= 11 is 0. The highest BCUT2D eigenvalue weighted by Gasteiger charge is 2.38. The Morgan fingerprint density at radius 2 is 1.64 bits per heavy atom. The molecule has 1 aliphatic rings. The lowest BCUT2D eigenvalue weighted by Gasteiger charge is -2.43. The molecule has 1 heterocycles. The molecule has 0 aromatic rings. The van der Waals surface area contributed by atoms with Crippen LogP contribution in [-0.2, 0) is 9.47 Å². The van der Waals surface area contributed by atoms with Crippen LogP contribution in [0.4, 0.5) is 0 Å². The molecule has 84 valence electrons. The molecule has 2 nitrogen and oxygen atoms in total. The Kier molecular flexibility index (Phi) is 3.96. The molecule has 0 N–H and O–H groups in total. The van der Waals surface area contributed by atoms with Gasteiger partial charge in [-0.05, 0) is 20.3 Å². The molecule has 2 heteroatoms. The van der Waals surface area contributed by atoms with Gasteiger partial charge in [-0.3, -0.25) is 5.92 Å². The van der Waals surface area contributed by atoms with Crippen LogP contribution in [0.25, 0.3) is 0 Å². The lowest BCUT2D eigenvalue weighted by atomic mass is 9.97. The maximum absolute atomic E-state index is 5.97. The van der Waals surface area contributed by atoms with E-state index in [9.17, 15) is 0 Å². The van der Waals surface area contributed by atoms with Gasteiger partial charge in [0.15, 0.2) is 0 Å². The summed E-state index contributed by atoms with van der Waals surface area (Å²) in [6, 6.07) is 0. The molecule has 0 saturated carbocycles. The summed E-state index contributed by atoms with van der Waals surface area (Å²) in [6.07, 6.45) is 3.75. The Bertz CT molecular complexity index is 167. The lowest BCUT2D eigenvalue weighted by Crippen LogP contribution is -2.35. The molecule has 1 saturated heterocycles. The lowest BCUT2D eigenvalue weighted by molar-refractivity contribution is -0.164. The first-order valence-electron chi connectivity index (χ1n) is 5.68. The van der Waals surface area contributed by atoms with Crippen LogP contribution in [0, 0.1) is 5.92 Å². The van der Waals surface area contributed by atoms with Gasteiger partial charge in [-0.2, -0.15) is 13.8 Å². The number of ether oxygens (including phenoxy) is 2. The van der Waals surface area contributed by atoms with Gasteiger partial charge in [-0.25, -0.2) is 0 Å². The summed E-state index contributed by atoms with van der Waals surface area (Å²) in [7, 11) is 0. The highest BCUT2D eigenvalue weighted by Crippen LogP contribution is 2.39. The topological polar surface area (TPSA) is 18.5 Å². The monoisotopic (exact) mass is 199 g/mol. The van der Waals surface area contributed by atoms with Gasteiger partial charge >= 0.3 is 0 Å². The molecule has 2 unspecified atom stereocenters. The number of hydrogen-bond donors (Lipinski definition) is 0. The van der Waals surface area contributed by atoms with E-state index in [0.29, 0.717) is 0 Å². The molecular weight excluding hydrogens is 176 g/mol. The third kappa shape index (κ3) is 2.29. The van der Waals surface area contributed by atoms with Gasteiger partial charge in [0.1, 0.15) is 0 Å². The Balaban J connectivity index is 2.64. The van der Waals surface area contributed by atoms with Gasteiger partial charge in [0.25, 0.3) is 0 Å². The van der Waals surface area contributed by atoms with Gasteiger partial charge < -0.3 is 9.47 Å². The van der Waals surface area contributed by atoms with Crippen LogP contribution in [0.5, 0.6) is 0 Å². The zero-order valence-electron chi connectivity index (χ0n) is 10.1. The Morgan fingerprint density at radius 1 is 1.14 bits per heavy atom. The van der Waals surface area contributed by atoms with Crippen molar-refractivity contribution in [3.05, 3.63) is 5.92 Å². The first kappa shape index (κ1) is 12.0. The van der Waals surface area contributed by atoms with E-state index in [0.717, 1.165) is 12.8 Å². The van der Waals surface area contributed by atoms with Gasteiger partial charge in [-0.15, -0.1) is 0 Å². The molecular formula is C12H23O2-. The molecule has 1 fully saturated rings. The second-order valence-corrected chi connectivity index (χ2v) is 4.50. The zero-order valence-corrected chi connectivity index (χ0v) is 10.1. The summed E-state index contributed by atoms with van der Waals surface area (Å²) in [5.74, 6) is 0.844. The predicted octanol–water partition coefficient (Wildman–Crippen LogP) is 3.31. The quantitative estimate of drug-likeness (QED) is 0.647. The third-order valence-corrected chi connectivity index (χ3v) is 3.03. The minimum atomic E-state index is -0.394. The molecule has 14 heavy (non-hydrogen) atoms. The standard InChI is InChI=1S/C12H23O2/c1-6-7-8-12(9(2)3)13-10(4)11(5)14-12/h10-11H,6-8H2,1-5H3/q-1. The van der Waals surface area contributed by atoms with Crippen molar-refractivity contribution in [1.82, 2.24) is 0 Å². The minimum Gasteiger partial charge on any atom is -0.374 e. The summed E-state index contributed by atoms with van der Waals surface area (Å²) in [6.45, 7) is 10.6. The number of hydrogen-bond acceptors (Lipinski definition) is 2. The number of unbranched alkanes of at least 4 members (excludes halogenated alkanes) is 1. The second-order valence-electron chi connectivity index (χ2n) is 4.50. The molecule has 0 aromatic carbocycles. The number of rotatable bonds is 4. The smallest absolute Gasteiger partial charge is 0.0807 e. The first-order chi connectivity index (χ1) is 6.52. The van der Waals surface area contributed by atoms with Crippen LogP contribution in [-0.4, -0.2) is 18.0 Å². The second kappa shape index (κ2) is 4.63. The first-order valence-corrected chi connectivity index (χ1v) is 5.68. The highest BCUT2D eigenvalue weighted by atomic mass is 16.8. The molecule has 1 rings (SSSR count). The van der Waals surface area contributed by atoms with Gasteiger partial charge in [0, 0.05) is 5.79 Å². The predicted molar refractivity (Wildman–Crippen MR) is 57.9 cm³/mol. The van der Waals surface area contributed by atoms with E-state index >= 15 is 0 Å². The summed E-state index contributed by atoms with van der Waals surface area (Å²) < 4.78 is 11.9. The van der Waals surface area contributed by atoms with Crippen molar-refractivity contribution in [2.24, 2.45) is 0 Å². The van der Waals surface area contributed by atoms with Crippen molar-refractivity contribution in [3.63, 3.8) is 0 Å². The van der Waals surface area contributed by atoms with E-state index < -0.39 is 5.79 Å². The zero-order chi connectivity index (χ0) is 10.8. The normalized spacial score (nSPS) is 38.1. The molecule has 0 aliphatic carbocycles. The maximum atomic E-state index is 5.97. The van der Waals surface area contributed by atoms with Crippen molar-refractivity contribution in [1.29, 1.82) is 0 Å². The summed E-state index contributed by atoms with van der Waals surface area (Å²) in [5, 5.41) is 0. The molecule has 0 bridgehead atoms. The van der Waals surface area contributed by atoms with E-state index in [-0.39, 0.29) is 12.2 Å².